The van der Waals surface area contributed by atoms with Gasteiger partial charge in [-0.25, -0.2) is 8.42 Å². The third-order valence-corrected chi connectivity index (χ3v) is 7.39. The molecule has 0 unspecified atom stereocenters. The molecule has 0 bridgehead atoms. The summed E-state index contributed by atoms with van der Waals surface area (Å²) in [5.41, 5.74) is 0.308. The maximum Gasteiger partial charge on any atom is 0.261 e. The largest absolute Gasteiger partial charge is 0.492 e. The van der Waals surface area contributed by atoms with Gasteiger partial charge in [0.15, 0.2) is 0 Å². The molecule has 2 rings (SSSR count). The number of rotatable bonds is 12. The van der Waals surface area contributed by atoms with Crippen molar-refractivity contribution in [1.29, 1.82) is 0 Å². The van der Waals surface area contributed by atoms with Crippen LogP contribution in [0, 0.1) is 0 Å². The normalized spacial score (nSPS) is 11.4. The Morgan fingerprint density at radius 2 is 1.87 bits per heavy atom. The zero-order valence-electron chi connectivity index (χ0n) is 18.0. The molecule has 0 radical (unpaired) electrons. The van der Waals surface area contributed by atoms with E-state index in [1.54, 1.807) is 32.0 Å². The zero-order valence-corrected chi connectivity index (χ0v) is 19.6. The molecule has 0 fully saturated rings. The minimum Gasteiger partial charge on any atom is -0.492 e. The topological polar surface area (TPSA) is 105 Å². The van der Waals surface area contributed by atoms with Gasteiger partial charge in [-0.05, 0) is 43.0 Å². The van der Waals surface area contributed by atoms with E-state index in [2.05, 4.69) is 10.6 Å². The van der Waals surface area contributed by atoms with Gasteiger partial charge in [0, 0.05) is 26.1 Å². The molecule has 2 amide bonds. The van der Waals surface area contributed by atoms with Crippen LogP contribution < -0.4 is 15.4 Å². The lowest BCUT2D eigenvalue weighted by Gasteiger charge is -2.20. The fourth-order valence-corrected chi connectivity index (χ4v) is 5.04. The SMILES string of the molecule is CCOc1ccc(S(=O)(=O)N(CC)CC)cc1NC(=O)CCCNC(=O)c1cccs1. The smallest absolute Gasteiger partial charge is 0.261 e. The average molecular weight is 468 g/mol. The van der Waals surface area contributed by atoms with Gasteiger partial charge in [0.1, 0.15) is 5.75 Å². The molecule has 1 heterocycles. The van der Waals surface area contributed by atoms with E-state index >= 15 is 0 Å². The number of nitrogens with zero attached hydrogens (tertiary/aromatic N) is 1. The quantitative estimate of drug-likeness (QED) is 0.466. The van der Waals surface area contributed by atoms with Crippen LogP contribution in [0.5, 0.6) is 5.75 Å². The van der Waals surface area contributed by atoms with Crippen molar-refractivity contribution in [3.63, 3.8) is 0 Å². The number of sulfonamides is 1. The Bertz CT molecular complexity index is 971. The zero-order chi connectivity index (χ0) is 22.9. The first-order valence-corrected chi connectivity index (χ1v) is 12.5. The minimum absolute atomic E-state index is 0.0955. The molecule has 1 aromatic heterocycles. The minimum atomic E-state index is -3.66. The monoisotopic (exact) mass is 467 g/mol. The van der Waals surface area contributed by atoms with E-state index in [-0.39, 0.29) is 23.1 Å². The molecular formula is C21H29N3O5S2. The Labute approximate surface area is 187 Å². The number of hydrogen-bond donors (Lipinski definition) is 2. The molecule has 10 heteroatoms. The van der Waals surface area contributed by atoms with Gasteiger partial charge >= 0.3 is 0 Å². The third kappa shape index (κ3) is 6.78. The highest BCUT2D eigenvalue weighted by atomic mass is 32.2. The summed E-state index contributed by atoms with van der Waals surface area (Å²) in [5.74, 6) is -0.0487. The maximum absolute atomic E-state index is 12.8. The fraction of sp³-hybridized carbons (Fsp3) is 0.429. The average Bonchev–Trinajstić information content (AvgIpc) is 3.28. The fourth-order valence-electron chi connectivity index (χ4n) is 2.92. The van der Waals surface area contributed by atoms with Crippen molar-refractivity contribution in [2.45, 2.75) is 38.5 Å². The number of anilines is 1. The molecule has 2 aromatic rings. The second-order valence-electron chi connectivity index (χ2n) is 6.57. The van der Waals surface area contributed by atoms with E-state index in [1.165, 1.54) is 27.8 Å². The van der Waals surface area contributed by atoms with Crippen molar-refractivity contribution in [2.75, 3.05) is 31.6 Å². The summed E-state index contributed by atoms with van der Waals surface area (Å²) in [6.45, 7) is 6.79. The number of benzene rings is 1. The van der Waals surface area contributed by atoms with Crippen molar-refractivity contribution in [2.24, 2.45) is 0 Å². The molecule has 0 saturated carbocycles. The first-order chi connectivity index (χ1) is 14.8. The van der Waals surface area contributed by atoms with Crippen LogP contribution in [-0.4, -0.2) is 50.8 Å². The van der Waals surface area contributed by atoms with Gasteiger partial charge in [0.05, 0.1) is 22.1 Å². The molecule has 1 aromatic carbocycles. The first-order valence-electron chi connectivity index (χ1n) is 10.2. The van der Waals surface area contributed by atoms with Gasteiger partial charge in [-0.15, -0.1) is 11.3 Å². The Hall–Kier alpha value is -2.43. The van der Waals surface area contributed by atoms with Gasteiger partial charge in [0.2, 0.25) is 15.9 Å². The summed E-state index contributed by atoms with van der Waals surface area (Å²) in [6.07, 6.45) is 0.619. The van der Waals surface area contributed by atoms with Crippen LogP contribution in [0.3, 0.4) is 0 Å². The molecule has 31 heavy (non-hydrogen) atoms. The Morgan fingerprint density at radius 3 is 2.48 bits per heavy atom. The van der Waals surface area contributed by atoms with E-state index < -0.39 is 10.0 Å². The van der Waals surface area contributed by atoms with Crippen LogP contribution in [0.25, 0.3) is 0 Å². The molecule has 0 aliphatic rings. The Morgan fingerprint density at radius 1 is 1.13 bits per heavy atom. The van der Waals surface area contributed by atoms with Gasteiger partial charge < -0.3 is 15.4 Å². The van der Waals surface area contributed by atoms with E-state index in [0.717, 1.165) is 0 Å². The number of amides is 2. The lowest BCUT2D eigenvalue weighted by Crippen LogP contribution is -2.30. The summed E-state index contributed by atoms with van der Waals surface area (Å²) in [6, 6.07) is 8.00. The van der Waals surface area contributed by atoms with Crippen LogP contribution in [0.15, 0.2) is 40.6 Å². The molecule has 0 aliphatic heterocycles. The van der Waals surface area contributed by atoms with Crippen molar-refractivity contribution < 1.29 is 22.7 Å². The summed E-state index contributed by atoms with van der Waals surface area (Å²) in [4.78, 5) is 25.0. The summed E-state index contributed by atoms with van der Waals surface area (Å²) in [5, 5.41) is 7.34. The molecule has 8 nitrogen and oxygen atoms in total. The van der Waals surface area contributed by atoms with Gasteiger partial charge in [-0.3, -0.25) is 9.59 Å². The lowest BCUT2D eigenvalue weighted by atomic mass is 10.2. The second kappa shape index (κ2) is 11.8. The number of hydrogen-bond acceptors (Lipinski definition) is 6. The summed E-state index contributed by atoms with van der Waals surface area (Å²) in [7, 11) is -3.66. The molecule has 170 valence electrons. The highest BCUT2D eigenvalue weighted by Crippen LogP contribution is 2.29. The Balaban J connectivity index is 2.02. The molecule has 0 atom stereocenters. The predicted octanol–water partition coefficient (Wildman–Crippen LogP) is 3.33. The summed E-state index contributed by atoms with van der Waals surface area (Å²) < 4.78 is 32.5. The lowest BCUT2D eigenvalue weighted by molar-refractivity contribution is -0.116. The number of carbonyl (C=O) groups is 2. The number of carbonyl (C=O) groups excluding carboxylic acids is 2. The van der Waals surface area contributed by atoms with Crippen LogP contribution in [0.2, 0.25) is 0 Å². The highest BCUT2D eigenvalue weighted by Gasteiger charge is 2.23. The number of nitrogens with one attached hydrogen (secondary N) is 2. The Kier molecular flexibility index (Phi) is 9.47. The van der Waals surface area contributed by atoms with Crippen molar-refractivity contribution in [3.8, 4) is 5.75 Å². The molecular weight excluding hydrogens is 438 g/mol. The first kappa shape index (κ1) is 24.8. The van der Waals surface area contributed by atoms with E-state index in [9.17, 15) is 18.0 Å². The molecule has 0 aliphatic carbocycles. The maximum atomic E-state index is 12.8. The van der Waals surface area contributed by atoms with Crippen molar-refractivity contribution in [1.82, 2.24) is 9.62 Å². The van der Waals surface area contributed by atoms with Crippen molar-refractivity contribution >= 4 is 38.9 Å². The van der Waals surface area contributed by atoms with Crippen LogP contribution in [0.4, 0.5) is 5.69 Å². The highest BCUT2D eigenvalue weighted by molar-refractivity contribution is 7.89. The number of ether oxygens (including phenoxy) is 1. The number of thiophene rings is 1. The van der Waals surface area contributed by atoms with E-state index in [0.29, 0.717) is 49.0 Å². The van der Waals surface area contributed by atoms with Crippen LogP contribution in [-0.2, 0) is 14.8 Å². The second-order valence-corrected chi connectivity index (χ2v) is 9.45. The standard InChI is InChI=1S/C21H29N3O5S2/c1-4-24(5-2)31(27,28)16-11-12-18(29-6-3)17(15-16)23-20(25)10-7-13-22-21(26)19-9-8-14-30-19/h8-9,11-12,14-15H,4-7,10,13H2,1-3H3,(H,22,26)(H,23,25). The molecule has 2 N–H and O–H groups in total. The van der Waals surface area contributed by atoms with Crippen LogP contribution >= 0.6 is 11.3 Å². The predicted molar refractivity (Wildman–Crippen MR) is 122 cm³/mol. The van der Waals surface area contributed by atoms with Gasteiger partial charge in [-0.1, -0.05) is 19.9 Å². The molecule has 0 spiro atoms. The van der Waals surface area contributed by atoms with Gasteiger partial charge in [-0.2, -0.15) is 4.31 Å². The third-order valence-electron chi connectivity index (χ3n) is 4.48. The molecule has 0 saturated heterocycles. The van der Waals surface area contributed by atoms with Gasteiger partial charge in [0.25, 0.3) is 5.91 Å². The van der Waals surface area contributed by atoms with E-state index in [4.69, 9.17) is 4.74 Å². The van der Waals surface area contributed by atoms with E-state index in [1.807, 2.05) is 12.3 Å². The van der Waals surface area contributed by atoms with Crippen molar-refractivity contribution in [3.05, 3.63) is 40.6 Å². The van der Waals surface area contributed by atoms with Crippen LogP contribution in [0.1, 0.15) is 43.3 Å². The summed E-state index contributed by atoms with van der Waals surface area (Å²) >= 11 is 1.35.